The molecule has 0 amide bonds. The Morgan fingerprint density at radius 1 is 1.31 bits per heavy atom. The summed E-state index contributed by atoms with van der Waals surface area (Å²) in [6, 6.07) is 4.45. The summed E-state index contributed by atoms with van der Waals surface area (Å²) >= 11 is 0. The van der Waals surface area contributed by atoms with Crippen LogP contribution in [0.3, 0.4) is 0 Å². The molecule has 4 N–H and O–H groups in total. The van der Waals surface area contributed by atoms with E-state index in [1.54, 1.807) is 6.07 Å². The highest BCUT2D eigenvalue weighted by Gasteiger charge is 2.43. The Balaban J connectivity index is 2.26. The molecule has 1 aliphatic rings. The lowest BCUT2D eigenvalue weighted by molar-refractivity contribution is -0.0239. The van der Waals surface area contributed by atoms with Crippen LogP contribution in [-0.4, -0.2) is 45.2 Å². The molecule has 2 heterocycles. The lowest BCUT2D eigenvalue weighted by atomic mass is 10.1. The summed E-state index contributed by atoms with van der Waals surface area (Å²) in [6.07, 6.45) is -3.96. The second-order valence-electron chi connectivity index (χ2n) is 3.73. The number of H-pyrrole nitrogens is 1. The molecule has 2 rings (SSSR count). The predicted molar refractivity (Wildman–Crippen MR) is 53.8 cm³/mol. The van der Waals surface area contributed by atoms with Gasteiger partial charge in [-0.2, -0.15) is 0 Å². The Bertz CT molecular complexity index is 418. The molecule has 0 saturated carbocycles. The number of pyridine rings is 1. The number of hydrogen-bond acceptors (Lipinski definition) is 5. The molecule has 6 nitrogen and oxygen atoms in total. The van der Waals surface area contributed by atoms with E-state index < -0.39 is 24.4 Å². The molecular formula is C10H13NO5. The van der Waals surface area contributed by atoms with Gasteiger partial charge >= 0.3 is 0 Å². The molecule has 0 radical (unpaired) electrons. The van der Waals surface area contributed by atoms with E-state index in [2.05, 4.69) is 4.98 Å². The van der Waals surface area contributed by atoms with Gasteiger partial charge in [0.25, 0.3) is 0 Å². The van der Waals surface area contributed by atoms with E-state index in [-0.39, 0.29) is 12.2 Å². The first-order chi connectivity index (χ1) is 7.63. The van der Waals surface area contributed by atoms with Gasteiger partial charge in [-0.05, 0) is 6.07 Å². The summed E-state index contributed by atoms with van der Waals surface area (Å²) in [4.78, 5) is 13.6. The molecule has 1 aromatic heterocycles. The van der Waals surface area contributed by atoms with Crippen LogP contribution in [0.25, 0.3) is 0 Å². The fourth-order valence-corrected chi connectivity index (χ4v) is 1.79. The lowest BCUT2D eigenvalue weighted by Crippen LogP contribution is -2.32. The fourth-order valence-electron chi connectivity index (χ4n) is 1.79. The van der Waals surface area contributed by atoms with Crippen LogP contribution in [0.2, 0.25) is 0 Å². The minimum absolute atomic E-state index is 0.310. The molecule has 0 aliphatic carbocycles. The quantitative estimate of drug-likeness (QED) is 0.494. The van der Waals surface area contributed by atoms with E-state index >= 15 is 0 Å². The Labute approximate surface area is 91.1 Å². The van der Waals surface area contributed by atoms with Crippen molar-refractivity contribution in [1.29, 1.82) is 0 Å². The molecule has 1 aliphatic heterocycles. The third-order valence-corrected chi connectivity index (χ3v) is 2.64. The van der Waals surface area contributed by atoms with E-state index in [0.717, 1.165) is 0 Å². The third-order valence-electron chi connectivity index (χ3n) is 2.64. The Morgan fingerprint density at radius 3 is 2.62 bits per heavy atom. The highest BCUT2D eigenvalue weighted by atomic mass is 16.6. The Hall–Kier alpha value is -1.21. The van der Waals surface area contributed by atoms with Crippen molar-refractivity contribution in [2.75, 3.05) is 6.61 Å². The minimum Gasteiger partial charge on any atom is -0.394 e. The first-order valence-corrected chi connectivity index (χ1v) is 4.95. The van der Waals surface area contributed by atoms with Crippen LogP contribution in [-0.2, 0) is 4.74 Å². The largest absolute Gasteiger partial charge is 0.394 e. The zero-order chi connectivity index (χ0) is 11.7. The van der Waals surface area contributed by atoms with Crippen LogP contribution in [0.15, 0.2) is 23.0 Å². The van der Waals surface area contributed by atoms with Gasteiger partial charge < -0.3 is 25.0 Å². The lowest BCUT2D eigenvalue weighted by Gasteiger charge is -2.13. The summed E-state index contributed by atoms with van der Waals surface area (Å²) in [5.41, 5.74) is 0.0743. The van der Waals surface area contributed by atoms with Crippen molar-refractivity contribution in [3.8, 4) is 0 Å². The zero-order valence-corrected chi connectivity index (χ0v) is 8.41. The number of hydrogen-bond donors (Lipinski definition) is 4. The van der Waals surface area contributed by atoms with Gasteiger partial charge in [-0.3, -0.25) is 4.79 Å². The van der Waals surface area contributed by atoms with Crippen molar-refractivity contribution in [1.82, 2.24) is 4.98 Å². The first-order valence-electron chi connectivity index (χ1n) is 4.95. The van der Waals surface area contributed by atoms with E-state index in [0.29, 0.717) is 5.69 Å². The molecule has 4 atom stereocenters. The van der Waals surface area contributed by atoms with Crippen molar-refractivity contribution in [2.24, 2.45) is 0 Å². The third kappa shape index (κ3) is 1.88. The van der Waals surface area contributed by atoms with Gasteiger partial charge in [-0.1, -0.05) is 6.07 Å². The van der Waals surface area contributed by atoms with Crippen LogP contribution in [0.5, 0.6) is 0 Å². The number of aliphatic hydroxyl groups excluding tert-OH is 3. The van der Waals surface area contributed by atoms with Crippen molar-refractivity contribution < 1.29 is 20.1 Å². The second-order valence-corrected chi connectivity index (χ2v) is 3.73. The molecule has 0 spiro atoms. The molecule has 0 aromatic carbocycles. The first kappa shape index (κ1) is 11.3. The summed E-state index contributed by atoms with van der Waals surface area (Å²) < 4.78 is 5.26. The van der Waals surface area contributed by atoms with E-state index in [4.69, 9.17) is 9.84 Å². The van der Waals surface area contributed by atoms with Crippen LogP contribution in [0, 0.1) is 0 Å². The van der Waals surface area contributed by atoms with Crippen LogP contribution in [0.1, 0.15) is 11.8 Å². The van der Waals surface area contributed by atoms with Crippen molar-refractivity contribution >= 4 is 0 Å². The van der Waals surface area contributed by atoms with Gasteiger partial charge in [-0.15, -0.1) is 0 Å². The monoisotopic (exact) mass is 227 g/mol. The number of aromatic nitrogens is 1. The van der Waals surface area contributed by atoms with Crippen molar-refractivity contribution in [3.63, 3.8) is 0 Å². The average Bonchev–Trinajstić information content (AvgIpc) is 2.56. The van der Waals surface area contributed by atoms with Gasteiger partial charge in [0.15, 0.2) is 0 Å². The second kappa shape index (κ2) is 4.34. The molecule has 1 aromatic rings. The standard InChI is InChI=1S/C10H13NO5/c12-4-6-8(14)9(15)10(16-6)5-2-1-3-7(13)11-5/h1-3,6,8-10,12,14-15H,4H2,(H,11,13)/t6-,8-,9-,10+/m1/s1. The summed E-state index contributed by atoms with van der Waals surface area (Å²) in [5, 5.41) is 28.1. The van der Waals surface area contributed by atoms with Gasteiger partial charge in [0.2, 0.25) is 5.56 Å². The molecule has 0 bridgehead atoms. The molecule has 1 fully saturated rings. The maximum absolute atomic E-state index is 11.1. The number of nitrogens with one attached hydrogen (secondary N) is 1. The molecule has 16 heavy (non-hydrogen) atoms. The van der Waals surface area contributed by atoms with Crippen LogP contribution in [0.4, 0.5) is 0 Å². The van der Waals surface area contributed by atoms with Gasteiger partial charge in [0.1, 0.15) is 24.4 Å². The van der Waals surface area contributed by atoms with Gasteiger partial charge in [0, 0.05) is 11.8 Å². The SMILES string of the molecule is O=c1cccc([C@@H]2O[C@H](CO)[C@@H](O)[C@H]2O)[nH]1. The fraction of sp³-hybridized carbons (Fsp3) is 0.500. The molecule has 1 saturated heterocycles. The van der Waals surface area contributed by atoms with Crippen LogP contribution < -0.4 is 5.56 Å². The molecular weight excluding hydrogens is 214 g/mol. The number of ether oxygens (including phenoxy) is 1. The Kier molecular flexibility index (Phi) is 3.06. The zero-order valence-electron chi connectivity index (χ0n) is 8.41. The average molecular weight is 227 g/mol. The topological polar surface area (TPSA) is 103 Å². The van der Waals surface area contributed by atoms with E-state index in [1.165, 1.54) is 12.1 Å². The summed E-state index contributed by atoms with van der Waals surface area (Å²) in [5.74, 6) is 0. The maximum atomic E-state index is 11.1. The number of aromatic amines is 1. The Morgan fingerprint density at radius 2 is 2.06 bits per heavy atom. The predicted octanol–water partition coefficient (Wildman–Crippen LogP) is -1.47. The van der Waals surface area contributed by atoms with E-state index in [9.17, 15) is 15.0 Å². The molecule has 0 unspecified atom stereocenters. The van der Waals surface area contributed by atoms with Gasteiger partial charge in [0.05, 0.1) is 6.61 Å². The van der Waals surface area contributed by atoms with Crippen LogP contribution >= 0.6 is 0 Å². The smallest absolute Gasteiger partial charge is 0.248 e. The summed E-state index contributed by atoms with van der Waals surface area (Å²) in [7, 11) is 0. The summed E-state index contributed by atoms with van der Waals surface area (Å²) in [6.45, 7) is -0.383. The molecule has 6 heteroatoms. The highest BCUT2D eigenvalue weighted by molar-refractivity contribution is 5.12. The number of rotatable bonds is 2. The normalized spacial score (nSPS) is 34.2. The highest BCUT2D eigenvalue weighted by Crippen LogP contribution is 2.31. The number of aliphatic hydroxyl groups is 3. The van der Waals surface area contributed by atoms with Crippen molar-refractivity contribution in [3.05, 3.63) is 34.2 Å². The van der Waals surface area contributed by atoms with E-state index in [1.807, 2.05) is 0 Å². The molecule has 88 valence electrons. The minimum atomic E-state index is -1.16. The van der Waals surface area contributed by atoms with Gasteiger partial charge in [-0.25, -0.2) is 0 Å². The maximum Gasteiger partial charge on any atom is 0.248 e. The van der Waals surface area contributed by atoms with Crippen molar-refractivity contribution in [2.45, 2.75) is 24.4 Å².